The van der Waals surface area contributed by atoms with Gasteiger partial charge in [0, 0.05) is 12.6 Å². The number of nitrogens with one attached hydrogen (secondary N) is 1. The molecule has 0 atom stereocenters. The molecule has 14 heavy (non-hydrogen) atoms. The van der Waals surface area contributed by atoms with Crippen molar-refractivity contribution in [1.82, 2.24) is 5.32 Å². The van der Waals surface area contributed by atoms with Crippen molar-refractivity contribution in [2.45, 2.75) is 13.3 Å². The van der Waals surface area contributed by atoms with Crippen molar-refractivity contribution in [2.24, 2.45) is 0 Å². The Labute approximate surface area is 84.6 Å². The standard InChI is InChI=1S/C12H15NO/c1-2-10-13-12(14)9-8-11-6-4-3-5-7-11/h3-9H,2,10H2,1H3,(H,13,14)/b9-8-. The van der Waals surface area contributed by atoms with Gasteiger partial charge in [-0.1, -0.05) is 37.3 Å². The van der Waals surface area contributed by atoms with Crippen molar-refractivity contribution in [1.29, 1.82) is 0 Å². The van der Waals surface area contributed by atoms with Crippen LogP contribution in [0.1, 0.15) is 18.9 Å². The van der Waals surface area contributed by atoms with E-state index in [1.54, 1.807) is 6.08 Å². The lowest BCUT2D eigenvalue weighted by molar-refractivity contribution is -0.116. The van der Waals surface area contributed by atoms with Crippen LogP contribution >= 0.6 is 0 Å². The van der Waals surface area contributed by atoms with E-state index in [9.17, 15) is 4.79 Å². The molecule has 1 N–H and O–H groups in total. The molecule has 1 amide bonds. The number of benzene rings is 1. The molecule has 0 spiro atoms. The second-order valence-corrected chi connectivity index (χ2v) is 3.04. The zero-order chi connectivity index (χ0) is 10.2. The molecule has 0 saturated carbocycles. The largest absolute Gasteiger partial charge is 0.353 e. The molecular formula is C12H15NO. The van der Waals surface area contributed by atoms with Crippen LogP contribution in [-0.4, -0.2) is 12.5 Å². The third-order valence-corrected chi connectivity index (χ3v) is 1.78. The molecule has 0 aromatic heterocycles. The molecule has 2 nitrogen and oxygen atoms in total. The summed E-state index contributed by atoms with van der Waals surface area (Å²) in [7, 11) is 0. The first-order valence-electron chi connectivity index (χ1n) is 4.84. The van der Waals surface area contributed by atoms with Crippen LogP contribution in [0.25, 0.3) is 6.08 Å². The smallest absolute Gasteiger partial charge is 0.243 e. The molecule has 1 aromatic carbocycles. The molecule has 0 aliphatic rings. The van der Waals surface area contributed by atoms with Gasteiger partial charge in [0.2, 0.25) is 5.91 Å². The highest BCUT2D eigenvalue weighted by Gasteiger charge is 1.91. The molecule has 0 aliphatic heterocycles. The third kappa shape index (κ3) is 3.90. The van der Waals surface area contributed by atoms with E-state index in [1.165, 1.54) is 0 Å². The van der Waals surface area contributed by atoms with E-state index in [0.29, 0.717) is 0 Å². The number of hydrogen-bond acceptors (Lipinski definition) is 1. The number of rotatable bonds is 4. The first-order valence-corrected chi connectivity index (χ1v) is 4.84. The van der Waals surface area contributed by atoms with Crippen molar-refractivity contribution < 1.29 is 4.79 Å². The minimum atomic E-state index is -0.0318. The maximum atomic E-state index is 11.2. The Morgan fingerprint density at radius 3 is 2.71 bits per heavy atom. The van der Waals surface area contributed by atoms with Crippen molar-refractivity contribution in [3.05, 3.63) is 42.0 Å². The SMILES string of the molecule is CCCNC(=O)/C=C\c1ccccc1. The molecule has 0 bridgehead atoms. The average molecular weight is 189 g/mol. The maximum absolute atomic E-state index is 11.2. The van der Waals surface area contributed by atoms with Gasteiger partial charge in [-0.3, -0.25) is 4.79 Å². The summed E-state index contributed by atoms with van der Waals surface area (Å²) < 4.78 is 0. The predicted molar refractivity (Wildman–Crippen MR) is 58.8 cm³/mol. The number of hydrogen-bond donors (Lipinski definition) is 1. The van der Waals surface area contributed by atoms with E-state index in [1.807, 2.05) is 43.3 Å². The van der Waals surface area contributed by atoms with Gasteiger partial charge in [0.15, 0.2) is 0 Å². The molecule has 0 aliphatic carbocycles. The molecule has 1 aromatic rings. The lowest BCUT2D eigenvalue weighted by Crippen LogP contribution is -2.21. The van der Waals surface area contributed by atoms with Gasteiger partial charge >= 0.3 is 0 Å². The lowest BCUT2D eigenvalue weighted by Gasteiger charge is -1.97. The monoisotopic (exact) mass is 189 g/mol. The highest BCUT2D eigenvalue weighted by Crippen LogP contribution is 2.00. The molecule has 74 valence electrons. The third-order valence-electron chi connectivity index (χ3n) is 1.78. The summed E-state index contributed by atoms with van der Waals surface area (Å²) in [6, 6.07) is 9.77. The zero-order valence-corrected chi connectivity index (χ0v) is 8.36. The summed E-state index contributed by atoms with van der Waals surface area (Å²) in [6.45, 7) is 2.76. The Morgan fingerprint density at radius 2 is 2.07 bits per heavy atom. The Balaban J connectivity index is 2.44. The lowest BCUT2D eigenvalue weighted by atomic mass is 10.2. The molecule has 1 rings (SSSR count). The van der Waals surface area contributed by atoms with E-state index in [0.717, 1.165) is 18.5 Å². The zero-order valence-electron chi connectivity index (χ0n) is 8.36. The van der Waals surface area contributed by atoms with Crippen LogP contribution in [0.15, 0.2) is 36.4 Å². The summed E-state index contributed by atoms with van der Waals surface area (Å²) in [5, 5.41) is 2.78. The molecule has 0 fully saturated rings. The molecular weight excluding hydrogens is 174 g/mol. The van der Waals surface area contributed by atoms with Crippen LogP contribution in [0.3, 0.4) is 0 Å². The summed E-state index contributed by atoms with van der Waals surface area (Å²) >= 11 is 0. The van der Waals surface area contributed by atoms with Gasteiger partial charge in [-0.2, -0.15) is 0 Å². The summed E-state index contributed by atoms with van der Waals surface area (Å²) in [6.07, 6.45) is 4.33. The summed E-state index contributed by atoms with van der Waals surface area (Å²) in [5.41, 5.74) is 1.04. The quantitative estimate of drug-likeness (QED) is 0.723. The van der Waals surface area contributed by atoms with Gasteiger partial charge < -0.3 is 5.32 Å². The van der Waals surface area contributed by atoms with Crippen LogP contribution in [0.4, 0.5) is 0 Å². The van der Waals surface area contributed by atoms with Crippen LogP contribution in [-0.2, 0) is 4.79 Å². The van der Waals surface area contributed by atoms with E-state index in [2.05, 4.69) is 5.32 Å². The van der Waals surface area contributed by atoms with Crippen LogP contribution in [0.5, 0.6) is 0 Å². The van der Waals surface area contributed by atoms with Gasteiger partial charge in [0.05, 0.1) is 0 Å². The van der Waals surface area contributed by atoms with E-state index in [4.69, 9.17) is 0 Å². The normalized spacial score (nSPS) is 10.4. The second-order valence-electron chi connectivity index (χ2n) is 3.04. The fourth-order valence-electron chi connectivity index (χ4n) is 1.04. The van der Waals surface area contributed by atoms with Crippen molar-refractivity contribution >= 4 is 12.0 Å². The molecule has 0 radical (unpaired) electrons. The molecule has 0 heterocycles. The first kappa shape index (κ1) is 10.5. The van der Waals surface area contributed by atoms with E-state index < -0.39 is 0 Å². The minimum Gasteiger partial charge on any atom is -0.353 e. The Morgan fingerprint density at radius 1 is 1.36 bits per heavy atom. The molecule has 0 unspecified atom stereocenters. The Kier molecular flexibility index (Phi) is 4.48. The number of amides is 1. The van der Waals surface area contributed by atoms with Crippen molar-refractivity contribution in [2.75, 3.05) is 6.54 Å². The van der Waals surface area contributed by atoms with E-state index in [-0.39, 0.29) is 5.91 Å². The predicted octanol–water partition coefficient (Wildman–Crippen LogP) is 2.23. The maximum Gasteiger partial charge on any atom is 0.243 e. The van der Waals surface area contributed by atoms with Gasteiger partial charge in [-0.05, 0) is 18.1 Å². The summed E-state index contributed by atoms with van der Waals surface area (Å²) in [4.78, 5) is 11.2. The highest BCUT2D eigenvalue weighted by atomic mass is 16.1. The Hall–Kier alpha value is -1.57. The summed E-state index contributed by atoms with van der Waals surface area (Å²) in [5.74, 6) is -0.0318. The average Bonchev–Trinajstić information content (AvgIpc) is 2.25. The van der Waals surface area contributed by atoms with Crippen LogP contribution in [0, 0.1) is 0 Å². The minimum absolute atomic E-state index is 0.0318. The topological polar surface area (TPSA) is 29.1 Å². The fraction of sp³-hybridized carbons (Fsp3) is 0.250. The van der Waals surface area contributed by atoms with Crippen LogP contribution in [0.2, 0.25) is 0 Å². The van der Waals surface area contributed by atoms with Gasteiger partial charge in [-0.15, -0.1) is 0 Å². The first-order chi connectivity index (χ1) is 6.83. The van der Waals surface area contributed by atoms with Gasteiger partial charge in [0.1, 0.15) is 0 Å². The fourth-order valence-corrected chi connectivity index (χ4v) is 1.04. The highest BCUT2D eigenvalue weighted by molar-refractivity contribution is 5.91. The molecule has 2 heteroatoms. The van der Waals surface area contributed by atoms with Crippen molar-refractivity contribution in [3.8, 4) is 0 Å². The van der Waals surface area contributed by atoms with Gasteiger partial charge in [0.25, 0.3) is 0 Å². The van der Waals surface area contributed by atoms with Crippen molar-refractivity contribution in [3.63, 3.8) is 0 Å². The van der Waals surface area contributed by atoms with Gasteiger partial charge in [-0.25, -0.2) is 0 Å². The molecule has 0 saturated heterocycles. The Bertz CT molecular complexity index is 303. The van der Waals surface area contributed by atoms with Crippen LogP contribution < -0.4 is 5.32 Å². The van der Waals surface area contributed by atoms with E-state index >= 15 is 0 Å². The number of carbonyl (C=O) groups excluding carboxylic acids is 1. The number of carbonyl (C=O) groups is 1. The second kappa shape index (κ2) is 5.97.